The zero-order valence-corrected chi connectivity index (χ0v) is 15.9. The summed E-state index contributed by atoms with van der Waals surface area (Å²) in [5.74, 6) is -0.861. The Hall–Kier alpha value is -2.37. The molecule has 4 nitrogen and oxygen atoms in total. The number of nitrogens with zero attached hydrogens (tertiary/aromatic N) is 2. The number of carbonyl (C=O) groups is 2. The molecular formula is C20H17Cl2FN2O2. The van der Waals surface area contributed by atoms with Crippen LogP contribution in [0.1, 0.15) is 15.9 Å². The lowest BCUT2D eigenvalue weighted by Crippen LogP contribution is -2.50. The van der Waals surface area contributed by atoms with Gasteiger partial charge in [-0.25, -0.2) is 4.39 Å². The van der Waals surface area contributed by atoms with Gasteiger partial charge in [0.2, 0.25) is 5.91 Å². The molecule has 1 aliphatic heterocycles. The van der Waals surface area contributed by atoms with Crippen molar-refractivity contribution >= 4 is 41.1 Å². The van der Waals surface area contributed by atoms with Gasteiger partial charge in [-0.15, -0.1) is 0 Å². The summed E-state index contributed by atoms with van der Waals surface area (Å²) in [6.45, 7) is 1.64. The molecule has 1 aliphatic rings. The van der Waals surface area contributed by atoms with Gasteiger partial charge < -0.3 is 9.80 Å². The number of halogens is 3. The second kappa shape index (κ2) is 8.55. The molecule has 27 heavy (non-hydrogen) atoms. The van der Waals surface area contributed by atoms with Gasteiger partial charge >= 0.3 is 0 Å². The van der Waals surface area contributed by atoms with Crippen molar-refractivity contribution in [2.75, 3.05) is 26.2 Å². The normalized spacial score (nSPS) is 14.6. The van der Waals surface area contributed by atoms with Crippen LogP contribution >= 0.6 is 23.2 Å². The topological polar surface area (TPSA) is 40.6 Å². The Labute approximate surface area is 166 Å². The predicted octanol–water partition coefficient (Wildman–Crippen LogP) is 4.13. The first kappa shape index (κ1) is 19.4. The van der Waals surface area contributed by atoms with Crippen molar-refractivity contribution in [3.8, 4) is 0 Å². The van der Waals surface area contributed by atoms with E-state index in [1.54, 1.807) is 28.0 Å². The summed E-state index contributed by atoms with van der Waals surface area (Å²) in [7, 11) is 0. The van der Waals surface area contributed by atoms with E-state index in [1.807, 2.05) is 12.1 Å². The lowest BCUT2D eigenvalue weighted by atomic mass is 10.1. The summed E-state index contributed by atoms with van der Waals surface area (Å²) in [5, 5.41) is 0.727. The molecule has 0 bridgehead atoms. The van der Waals surface area contributed by atoms with E-state index in [4.69, 9.17) is 23.2 Å². The van der Waals surface area contributed by atoms with Crippen LogP contribution in [-0.4, -0.2) is 47.8 Å². The Balaban J connectivity index is 1.57. The number of rotatable bonds is 3. The Kier molecular flexibility index (Phi) is 6.14. The average Bonchev–Trinajstić information content (AvgIpc) is 2.67. The first-order chi connectivity index (χ1) is 12.9. The average molecular weight is 407 g/mol. The van der Waals surface area contributed by atoms with Crippen LogP contribution in [0.3, 0.4) is 0 Å². The molecule has 1 heterocycles. The first-order valence-electron chi connectivity index (χ1n) is 8.41. The highest BCUT2D eigenvalue weighted by Crippen LogP contribution is 2.20. The van der Waals surface area contributed by atoms with E-state index in [0.29, 0.717) is 31.2 Å². The summed E-state index contributed by atoms with van der Waals surface area (Å²) >= 11 is 11.8. The Bertz CT molecular complexity index is 876. The Morgan fingerprint density at radius 2 is 1.56 bits per heavy atom. The molecule has 0 aromatic heterocycles. The smallest absolute Gasteiger partial charge is 0.255 e. The van der Waals surface area contributed by atoms with Gasteiger partial charge in [-0.3, -0.25) is 9.59 Å². The lowest BCUT2D eigenvalue weighted by molar-refractivity contribution is -0.127. The standard InChI is InChI=1S/C20H17Cl2FN2O2/c21-15-4-1-14(2-5-15)3-8-19(26)24-9-11-25(12-10-24)20(27)17-7-6-16(23)13-18(17)22/h1-8,13H,9-12H2/b8-3+. The second-order valence-electron chi connectivity index (χ2n) is 6.13. The molecule has 0 unspecified atom stereocenters. The molecule has 2 aromatic carbocycles. The summed E-state index contributed by atoms with van der Waals surface area (Å²) in [6, 6.07) is 10.9. The van der Waals surface area contributed by atoms with Crippen molar-refractivity contribution in [2.24, 2.45) is 0 Å². The molecule has 2 amide bonds. The maximum Gasteiger partial charge on any atom is 0.255 e. The van der Waals surface area contributed by atoms with Gasteiger partial charge in [-0.1, -0.05) is 35.3 Å². The van der Waals surface area contributed by atoms with Gasteiger partial charge in [0.05, 0.1) is 10.6 Å². The number of amides is 2. The van der Waals surface area contributed by atoms with Crippen molar-refractivity contribution in [2.45, 2.75) is 0 Å². The van der Waals surface area contributed by atoms with Crippen LogP contribution < -0.4 is 0 Å². The molecule has 7 heteroatoms. The van der Waals surface area contributed by atoms with Crippen LogP contribution in [0.5, 0.6) is 0 Å². The molecule has 0 N–H and O–H groups in total. The Morgan fingerprint density at radius 1 is 0.926 bits per heavy atom. The van der Waals surface area contributed by atoms with E-state index in [0.717, 1.165) is 11.6 Å². The second-order valence-corrected chi connectivity index (χ2v) is 6.97. The number of hydrogen-bond donors (Lipinski definition) is 0. The van der Waals surface area contributed by atoms with Crippen LogP contribution in [0, 0.1) is 5.82 Å². The van der Waals surface area contributed by atoms with Gasteiger partial charge in [-0.2, -0.15) is 0 Å². The van der Waals surface area contributed by atoms with E-state index >= 15 is 0 Å². The lowest BCUT2D eigenvalue weighted by Gasteiger charge is -2.34. The third-order valence-corrected chi connectivity index (χ3v) is 4.89. The van der Waals surface area contributed by atoms with Crippen molar-refractivity contribution in [3.63, 3.8) is 0 Å². The molecule has 0 radical (unpaired) electrons. The molecule has 2 aromatic rings. The minimum Gasteiger partial charge on any atom is -0.336 e. The van der Waals surface area contributed by atoms with Gasteiger partial charge in [0.15, 0.2) is 0 Å². The van der Waals surface area contributed by atoms with Crippen LogP contribution in [0.4, 0.5) is 4.39 Å². The largest absolute Gasteiger partial charge is 0.336 e. The Morgan fingerprint density at radius 3 is 2.19 bits per heavy atom. The van der Waals surface area contributed by atoms with Crippen molar-refractivity contribution < 1.29 is 14.0 Å². The summed E-state index contributed by atoms with van der Waals surface area (Å²) in [4.78, 5) is 28.2. The van der Waals surface area contributed by atoms with Gasteiger partial charge in [-0.05, 0) is 42.0 Å². The number of piperazine rings is 1. The van der Waals surface area contributed by atoms with Crippen molar-refractivity contribution in [1.29, 1.82) is 0 Å². The van der Waals surface area contributed by atoms with Crippen LogP contribution in [0.25, 0.3) is 6.08 Å². The van der Waals surface area contributed by atoms with Crippen molar-refractivity contribution in [1.82, 2.24) is 9.80 Å². The van der Waals surface area contributed by atoms with Gasteiger partial charge in [0.25, 0.3) is 5.91 Å². The van der Waals surface area contributed by atoms with Crippen molar-refractivity contribution in [3.05, 3.63) is 75.5 Å². The third kappa shape index (κ3) is 4.87. The molecule has 0 spiro atoms. The minimum atomic E-state index is -0.487. The maximum absolute atomic E-state index is 13.1. The highest BCUT2D eigenvalue weighted by atomic mass is 35.5. The summed E-state index contributed by atoms with van der Waals surface area (Å²) in [6.07, 6.45) is 3.24. The fourth-order valence-electron chi connectivity index (χ4n) is 2.81. The fraction of sp³-hybridized carbons (Fsp3) is 0.200. The first-order valence-corrected chi connectivity index (χ1v) is 9.16. The van der Waals surface area contributed by atoms with E-state index in [9.17, 15) is 14.0 Å². The quantitative estimate of drug-likeness (QED) is 0.718. The third-order valence-electron chi connectivity index (χ3n) is 4.33. The number of carbonyl (C=O) groups excluding carboxylic acids is 2. The highest BCUT2D eigenvalue weighted by Gasteiger charge is 2.25. The minimum absolute atomic E-state index is 0.0874. The summed E-state index contributed by atoms with van der Waals surface area (Å²) in [5.41, 5.74) is 1.15. The molecular weight excluding hydrogens is 390 g/mol. The van der Waals surface area contributed by atoms with E-state index < -0.39 is 5.82 Å². The maximum atomic E-state index is 13.1. The number of hydrogen-bond acceptors (Lipinski definition) is 2. The van der Waals surface area contributed by atoms with Crippen LogP contribution in [-0.2, 0) is 4.79 Å². The van der Waals surface area contributed by atoms with Crippen LogP contribution in [0.2, 0.25) is 10.0 Å². The molecule has 1 saturated heterocycles. The molecule has 0 aliphatic carbocycles. The van der Waals surface area contributed by atoms with Gasteiger partial charge in [0.1, 0.15) is 5.82 Å². The van der Waals surface area contributed by atoms with E-state index in [1.165, 1.54) is 18.2 Å². The van der Waals surface area contributed by atoms with E-state index in [-0.39, 0.29) is 22.4 Å². The number of benzene rings is 2. The highest BCUT2D eigenvalue weighted by molar-refractivity contribution is 6.33. The van der Waals surface area contributed by atoms with Crippen LogP contribution in [0.15, 0.2) is 48.5 Å². The molecule has 3 rings (SSSR count). The zero-order valence-electron chi connectivity index (χ0n) is 14.4. The SMILES string of the molecule is O=C(/C=C/c1ccc(Cl)cc1)N1CCN(C(=O)c2ccc(F)cc2Cl)CC1. The molecule has 1 fully saturated rings. The summed E-state index contributed by atoms with van der Waals surface area (Å²) < 4.78 is 13.1. The molecule has 0 saturated carbocycles. The zero-order chi connectivity index (χ0) is 19.4. The predicted molar refractivity (Wildman–Crippen MR) is 104 cm³/mol. The monoisotopic (exact) mass is 406 g/mol. The molecule has 0 atom stereocenters. The molecule has 140 valence electrons. The van der Waals surface area contributed by atoms with E-state index in [2.05, 4.69) is 0 Å². The fourth-order valence-corrected chi connectivity index (χ4v) is 3.18. The van der Waals surface area contributed by atoms with Gasteiger partial charge in [0, 0.05) is 37.3 Å².